The number of hydrogen-bond acceptors (Lipinski definition) is 3. The lowest BCUT2D eigenvalue weighted by Crippen LogP contribution is -2.32. The van der Waals surface area contributed by atoms with E-state index in [4.69, 9.17) is 9.47 Å². The van der Waals surface area contributed by atoms with Gasteiger partial charge in [0.05, 0.1) is 14.2 Å². The SMILES string of the molecule is COc1cc2c(cc1OC)C1=CCCCN1CC2. The molecule has 0 unspecified atom stereocenters. The van der Waals surface area contributed by atoms with Gasteiger partial charge in [0.15, 0.2) is 11.5 Å². The van der Waals surface area contributed by atoms with Gasteiger partial charge in [-0.05, 0) is 37.0 Å². The molecule has 0 fully saturated rings. The van der Waals surface area contributed by atoms with Crippen molar-refractivity contribution in [2.45, 2.75) is 19.3 Å². The highest BCUT2D eigenvalue weighted by molar-refractivity contribution is 5.72. The van der Waals surface area contributed by atoms with E-state index in [1.165, 1.54) is 36.2 Å². The van der Waals surface area contributed by atoms with Gasteiger partial charge in [-0.2, -0.15) is 0 Å². The van der Waals surface area contributed by atoms with Crippen molar-refractivity contribution in [2.24, 2.45) is 0 Å². The Kier molecular flexibility index (Phi) is 2.90. The first kappa shape index (κ1) is 11.5. The van der Waals surface area contributed by atoms with Gasteiger partial charge < -0.3 is 14.4 Å². The molecule has 96 valence electrons. The van der Waals surface area contributed by atoms with Gasteiger partial charge in [0.1, 0.15) is 0 Å². The lowest BCUT2D eigenvalue weighted by molar-refractivity contribution is 0.348. The predicted molar refractivity (Wildman–Crippen MR) is 72.0 cm³/mol. The molecule has 3 rings (SSSR count). The van der Waals surface area contributed by atoms with Crippen LogP contribution in [0.1, 0.15) is 24.0 Å². The summed E-state index contributed by atoms with van der Waals surface area (Å²) in [5.74, 6) is 1.66. The summed E-state index contributed by atoms with van der Waals surface area (Å²) in [7, 11) is 3.39. The van der Waals surface area contributed by atoms with E-state index < -0.39 is 0 Å². The molecule has 18 heavy (non-hydrogen) atoms. The van der Waals surface area contributed by atoms with Crippen molar-refractivity contribution >= 4 is 5.70 Å². The Morgan fingerprint density at radius 2 is 1.83 bits per heavy atom. The average Bonchev–Trinajstić information content (AvgIpc) is 2.45. The van der Waals surface area contributed by atoms with Crippen LogP contribution in [0.2, 0.25) is 0 Å². The summed E-state index contributed by atoms with van der Waals surface area (Å²) in [6, 6.07) is 4.25. The van der Waals surface area contributed by atoms with Gasteiger partial charge in [-0.25, -0.2) is 0 Å². The first-order chi connectivity index (χ1) is 8.83. The van der Waals surface area contributed by atoms with Crippen molar-refractivity contribution in [3.05, 3.63) is 29.3 Å². The maximum Gasteiger partial charge on any atom is 0.161 e. The molecule has 3 heteroatoms. The van der Waals surface area contributed by atoms with Crippen molar-refractivity contribution in [3.8, 4) is 11.5 Å². The number of benzene rings is 1. The Balaban J connectivity index is 2.10. The van der Waals surface area contributed by atoms with Gasteiger partial charge in [0.2, 0.25) is 0 Å². The number of hydrogen-bond donors (Lipinski definition) is 0. The van der Waals surface area contributed by atoms with Crippen LogP contribution in [0.3, 0.4) is 0 Å². The van der Waals surface area contributed by atoms with Crippen LogP contribution in [0.15, 0.2) is 18.2 Å². The van der Waals surface area contributed by atoms with E-state index in [1.54, 1.807) is 14.2 Å². The maximum atomic E-state index is 5.41. The zero-order valence-electron chi connectivity index (χ0n) is 11.0. The summed E-state index contributed by atoms with van der Waals surface area (Å²) in [6.45, 7) is 2.30. The molecule has 0 saturated heterocycles. The summed E-state index contributed by atoms with van der Waals surface area (Å²) in [4.78, 5) is 2.48. The monoisotopic (exact) mass is 245 g/mol. The van der Waals surface area contributed by atoms with Crippen molar-refractivity contribution in [1.29, 1.82) is 0 Å². The summed E-state index contributed by atoms with van der Waals surface area (Å²) in [5, 5.41) is 0. The van der Waals surface area contributed by atoms with Gasteiger partial charge in [-0.15, -0.1) is 0 Å². The summed E-state index contributed by atoms with van der Waals surface area (Å²) >= 11 is 0. The van der Waals surface area contributed by atoms with Gasteiger partial charge in [-0.1, -0.05) is 6.08 Å². The van der Waals surface area contributed by atoms with Crippen LogP contribution in [-0.2, 0) is 6.42 Å². The van der Waals surface area contributed by atoms with E-state index >= 15 is 0 Å². The molecular formula is C15H19NO2. The topological polar surface area (TPSA) is 21.7 Å². The Labute approximate surface area is 108 Å². The number of fused-ring (bicyclic) bond motifs is 3. The fourth-order valence-corrected chi connectivity index (χ4v) is 2.90. The number of rotatable bonds is 2. The van der Waals surface area contributed by atoms with E-state index in [0.29, 0.717) is 0 Å². The molecule has 0 aliphatic carbocycles. The molecule has 0 amide bonds. The molecule has 0 bridgehead atoms. The van der Waals surface area contributed by atoms with Crippen LogP contribution in [0.25, 0.3) is 5.70 Å². The molecule has 0 radical (unpaired) electrons. The molecule has 2 aliphatic rings. The van der Waals surface area contributed by atoms with E-state index in [1.807, 2.05) is 0 Å². The van der Waals surface area contributed by atoms with Crippen LogP contribution in [0, 0.1) is 0 Å². The van der Waals surface area contributed by atoms with Gasteiger partial charge in [-0.3, -0.25) is 0 Å². The minimum absolute atomic E-state index is 0.824. The number of allylic oxidation sites excluding steroid dienone is 1. The minimum atomic E-state index is 0.824. The van der Waals surface area contributed by atoms with E-state index in [-0.39, 0.29) is 0 Å². The molecule has 2 heterocycles. The molecule has 1 aromatic rings. The van der Waals surface area contributed by atoms with Crippen LogP contribution >= 0.6 is 0 Å². The van der Waals surface area contributed by atoms with E-state index in [2.05, 4.69) is 23.1 Å². The smallest absolute Gasteiger partial charge is 0.161 e. The standard InChI is InChI=1S/C15H19NO2/c1-17-14-9-11-6-8-16-7-4-3-5-13(16)12(11)10-15(14)18-2/h5,9-10H,3-4,6-8H2,1-2H3. The second-order valence-corrected chi connectivity index (χ2v) is 4.83. The zero-order chi connectivity index (χ0) is 12.5. The zero-order valence-corrected chi connectivity index (χ0v) is 11.0. The van der Waals surface area contributed by atoms with Crippen molar-refractivity contribution in [2.75, 3.05) is 27.3 Å². The molecule has 0 aromatic heterocycles. The third kappa shape index (κ3) is 1.74. The fourth-order valence-electron chi connectivity index (χ4n) is 2.90. The largest absolute Gasteiger partial charge is 0.493 e. The average molecular weight is 245 g/mol. The lowest BCUT2D eigenvalue weighted by Gasteiger charge is -2.36. The fraction of sp³-hybridized carbons (Fsp3) is 0.467. The van der Waals surface area contributed by atoms with Crippen LogP contribution in [0.4, 0.5) is 0 Å². The number of ether oxygens (including phenoxy) is 2. The molecule has 0 saturated carbocycles. The van der Waals surface area contributed by atoms with Crippen LogP contribution in [-0.4, -0.2) is 32.2 Å². The lowest BCUT2D eigenvalue weighted by atomic mass is 9.93. The molecule has 0 N–H and O–H groups in total. The Hall–Kier alpha value is -1.64. The highest BCUT2D eigenvalue weighted by Gasteiger charge is 2.24. The quantitative estimate of drug-likeness (QED) is 0.799. The molecule has 3 nitrogen and oxygen atoms in total. The van der Waals surface area contributed by atoms with E-state index in [9.17, 15) is 0 Å². The predicted octanol–water partition coefficient (Wildman–Crippen LogP) is 2.70. The molecule has 0 spiro atoms. The van der Waals surface area contributed by atoms with Gasteiger partial charge in [0, 0.05) is 24.4 Å². The highest BCUT2D eigenvalue weighted by atomic mass is 16.5. The highest BCUT2D eigenvalue weighted by Crippen LogP contribution is 2.38. The van der Waals surface area contributed by atoms with Gasteiger partial charge >= 0.3 is 0 Å². The number of methoxy groups -OCH3 is 2. The second-order valence-electron chi connectivity index (χ2n) is 4.83. The second kappa shape index (κ2) is 4.56. The Morgan fingerprint density at radius 1 is 1.06 bits per heavy atom. The third-order valence-electron chi connectivity index (χ3n) is 3.85. The normalized spacial score (nSPS) is 17.7. The Morgan fingerprint density at radius 3 is 2.61 bits per heavy atom. The van der Waals surface area contributed by atoms with Crippen molar-refractivity contribution in [3.63, 3.8) is 0 Å². The summed E-state index contributed by atoms with van der Waals surface area (Å²) < 4.78 is 10.8. The van der Waals surface area contributed by atoms with Gasteiger partial charge in [0.25, 0.3) is 0 Å². The summed E-state index contributed by atoms with van der Waals surface area (Å²) in [6.07, 6.45) is 5.90. The van der Waals surface area contributed by atoms with E-state index in [0.717, 1.165) is 24.5 Å². The maximum absolute atomic E-state index is 5.41. The first-order valence-corrected chi connectivity index (χ1v) is 6.54. The first-order valence-electron chi connectivity index (χ1n) is 6.54. The number of nitrogens with zero attached hydrogens (tertiary/aromatic N) is 1. The molecule has 0 atom stereocenters. The molecule has 1 aromatic carbocycles. The third-order valence-corrected chi connectivity index (χ3v) is 3.85. The van der Waals surface area contributed by atoms with Crippen molar-refractivity contribution in [1.82, 2.24) is 4.90 Å². The van der Waals surface area contributed by atoms with Crippen LogP contribution < -0.4 is 9.47 Å². The summed E-state index contributed by atoms with van der Waals surface area (Å²) in [5.41, 5.74) is 4.07. The van der Waals surface area contributed by atoms with Crippen LogP contribution in [0.5, 0.6) is 11.5 Å². The Bertz CT molecular complexity index is 494. The van der Waals surface area contributed by atoms with Crippen molar-refractivity contribution < 1.29 is 9.47 Å². The molecular weight excluding hydrogens is 226 g/mol. The molecule has 2 aliphatic heterocycles. The minimum Gasteiger partial charge on any atom is -0.493 e.